The molecule has 4 aromatic carbocycles. The summed E-state index contributed by atoms with van der Waals surface area (Å²) in [4.78, 5) is 37.6. The van der Waals surface area contributed by atoms with Crippen LogP contribution in [0.15, 0.2) is 119 Å². The molecule has 428 valence electrons. The molecule has 0 radical (unpaired) electrons. The fraction of sp³-hybridized carbons (Fsp3) is 0.536. The molecule has 20 nitrogen and oxygen atoms in total. The average Bonchev–Trinajstić information content (AvgIpc) is 4.29. The van der Waals surface area contributed by atoms with E-state index in [1.165, 1.54) is 38.5 Å². The van der Waals surface area contributed by atoms with Crippen molar-refractivity contribution >= 4 is 32.2 Å². The number of sulfonamides is 2. The Morgan fingerprint density at radius 1 is 0.615 bits per heavy atom. The van der Waals surface area contributed by atoms with E-state index < -0.39 is 74.8 Å². The van der Waals surface area contributed by atoms with E-state index in [0.29, 0.717) is 18.1 Å². The lowest BCUT2D eigenvalue weighted by molar-refractivity contribution is -0.145. The van der Waals surface area contributed by atoms with Gasteiger partial charge in [-0.25, -0.2) is 26.4 Å². The van der Waals surface area contributed by atoms with Crippen LogP contribution in [0.5, 0.6) is 11.5 Å². The monoisotopic (exact) mass is 1120 g/mol. The molecule has 2 amide bonds. The molecule has 2 saturated heterocycles. The van der Waals surface area contributed by atoms with E-state index in [1.807, 2.05) is 60.7 Å². The standard InChI is InChI=1S/C29H38N2O9S.C27H38N2O7S/c1-36-21-11-13-23(14-12-21)41(34,35)31(40-22-9-5-6-10-22)18-26(32)25(17-20-7-3-2-4-8-20)30-29(33)39-27-19-38-28-24(27)15-16-37-28;1-27(2,3)35-26(31)28-24(18-20-10-6-5-7-11-20)25(30)19-29(36-22-12-8-9-13-22)37(32,33)23-16-14-21(34-4)15-17-23/h2-4,7-8,11-14,22,24-28,32H,5-6,9-10,15-19H2,1H3,(H,30,33);5-7,10-11,14-17,22,24-25,30H,8-9,12-13,18-19H2,1-4H3,(H,28,31)/t24?,25-,26?,27?,28?;24-,25?/m00/s1. The number of nitrogens with one attached hydrogen (secondary N) is 2. The third-order valence-electron chi connectivity index (χ3n) is 13.8. The van der Waals surface area contributed by atoms with Crippen molar-refractivity contribution in [2.24, 2.45) is 5.92 Å². The van der Waals surface area contributed by atoms with Crippen LogP contribution in [0.1, 0.15) is 89.7 Å². The molecule has 4 aliphatic rings. The number of aliphatic hydroxyl groups is 2. The number of carbonyl (C=O) groups excluding carboxylic acids is 2. The lowest BCUT2D eigenvalue weighted by Gasteiger charge is -2.31. The van der Waals surface area contributed by atoms with Gasteiger partial charge in [-0.05, 0) is 125 Å². The highest BCUT2D eigenvalue weighted by molar-refractivity contribution is 7.89. The molecule has 7 atom stereocenters. The summed E-state index contributed by atoms with van der Waals surface area (Å²) in [5.74, 6) is 0.996. The molecular weight excluding hydrogens is 1050 g/mol. The van der Waals surface area contributed by atoms with Crippen molar-refractivity contribution < 1.29 is 74.7 Å². The van der Waals surface area contributed by atoms with E-state index in [1.54, 1.807) is 45.0 Å². The zero-order chi connectivity index (χ0) is 55.9. The highest BCUT2D eigenvalue weighted by atomic mass is 32.2. The molecule has 2 aliphatic heterocycles. The number of methoxy groups -OCH3 is 2. The van der Waals surface area contributed by atoms with Crippen molar-refractivity contribution in [2.75, 3.05) is 40.5 Å². The minimum Gasteiger partial charge on any atom is -0.497 e. The Labute approximate surface area is 458 Å². The van der Waals surface area contributed by atoms with E-state index in [4.69, 9.17) is 38.1 Å². The summed E-state index contributed by atoms with van der Waals surface area (Å²) in [7, 11) is -5.27. The lowest BCUT2D eigenvalue weighted by atomic mass is 10.0. The smallest absolute Gasteiger partial charge is 0.407 e. The molecule has 78 heavy (non-hydrogen) atoms. The average molecular weight is 1130 g/mol. The fourth-order valence-electron chi connectivity index (χ4n) is 9.64. The molecule has 8 rings (SSSR count). The third-order valence-corrected chi connectivity index (χ3v) is 17.1. The summed E-state index contributed by atoms with van der Waals surface area (Å²) in [6.07, 6.45) is 2.48. The minimum atomic E-state index is -4.15. The lowest BCUT2D eigenvalue weighted by Crippen LogP contribution is -2.51. The number of fused-ring (bicyclic) bond motifs is 1. The van der Waals surface area contributed by atoms with Gasteiger partial charge in [-0.3, -0.25) is 9.68 Å². The topological polar surface area (TPSA) is 247 Å². The Bertz CT molecular complexity index is 2710. The van der Waals surface area contributed by atoms with Crippen LogP contribution in [0.3, 0.4) is 0 Å². The number of nitrogens with zero attached hydrogens (tertiary/aromatic N) is 2. The van der Waals surface area contributed by atoms with E-state index in [2.05, 4.69) is 10.6 Å². The van der Waals surface area contributed by atoms with Gasteiger partial charge in [-0.15, -0.1) is 0 Å². The zero-order valence-corrected chi connectivity index (χ0v) is 46.6. The van der Waals surface area contributed by atoms with Crippen molar-refractivity contribution in [2.45, 2.75) is 156 Å². The van der Waals surface area contributed by atoms with Crippen LogP contribution in [0.4, 0.5) is 9.59 Å². The molecule has 4 fully saturated rings. The van der Waals surface area contributed by atoms with Gasteiger partial charge in [0.25, 0.3) is 20.0 Å². The first-order valence-electron chi connectivity index (χ1n) is 26.6. The van der Waals surface area contributed by atoms with Gasteiger partial charge >= 0.3 is 12.2 Å². The van der Waals surface area contributed by atoms with E-state index in [9.17, 15) is 36.6 Å². The number of benzene rings is 4. The van der Waals surface area contributed by atoms with E-state index in [0.717, 1.165) is 77.9 Å². The third kappa shape index (κ3) is 17.3. The van der Waals surface area contributed by atoms with Crippen molar-refractivity contribution in [1.29, 1.82) is 0 Å². The van der Waals surface area contributed by atoms with Crippen LogP contribution in [0.25, 0.3) is 0 Å². The van der Waals surface area contributed by atoms with Crippen LogP contribution in [0.2, 0.25) is 0 Å². The summed E-state index contributed by atoms with van der Waals surface area (Å²) in [6.45, 7) is 5.24. The molecule has 5 unspecified atom stereocenters. The van der Waals surface area contributed by atoms with Crippen molar-refractivity contribution in [3.63, 3.8) is 0 Å². The number of hydroxylamine groups is 2. The Kier molecular flexibility index (Phi) is 21.7. The normalized spacial score (nSPS) is 20.5. The molecule has 0 spiro atoms. The first-order chi connectivity index (χ1) is 37.3. The quantitative estimate of drug-likeness (QED) is 0.0542. The van der Waals surface area contributed by atoms with E-state index in [-0.39, 0.29) is 60.2 Å². The molecule has 2 saturated carbocycles. The highest BCUT2D eigenvalue weighted by Crippen LogP contribution is 2.34. The van der Waals surface area contributed by atoms with Gasteiger partial charge in [0.05, 0.1) is 92.7 Å². The Balaban J connectivity index is 0.000000228. The fourth-order valence-corrected chi connectivity index (χ4v) is 12.2. The van der Waals surface area contributed by atoms with Gasteiger partial charge in [0, 0.05) is 0 Å². The van der Waals surface area contributed by atoms with Crippen LogP contribution < -0.4 is 20.1 Å². The molecule has 4 N–H and O–H groups in total. The van der Waals surface area contributed by atoms with Crippen LogP contribution in [0, 0.1) is 5.92 Å². The minimum absolute atomic E-state index is 0.00467. The van der Waals surface area contributed by atoms with Crippen LogP contribution in [-0.4, -0.2) is 143 Å². The maximum absolute atomic E-state index is 13.7. The van der Waals surface area contributed by atoms with Crippen LogP contribution in [-0.2, 0) is 61.5 Å². The molecule has 2 aliphatic carbocycles. The highest BCUT2D eigenvalue weighted by Gasteiger charge is 2.44. The number of aliphatic hydroxyl groups excluding tert-OH is 2. The maximum Gasteiger partial charge on any atom is 0.407 e. The predicted molar refractivity (Wildman–Crippen MR) is 287 cm³/mol. The number of carbonyl (C=O) groups is 2. The maximum atomic E-state index is 13.7. The zero-order valence-electron chi connectivity index (χ0n) is 45.0. The number of hydrogen-bond acceptors (Lipinski definition) is 16. The molecular formula is C56H76N4O16S2. The molecule has 0 bridgehead atoms. The van der Waals surface area contributed by atoms with Crippen molar-refractivity contribution in [3.05, 3.63) is 120 Å². The largest absolute Gasteiger partial charge is 0.497 e. The second-order valence-corrected chi connectivity index (χ2v) is 24.5. The number of amides is 2. The summed E-state index contributed by atoms with van der Waals surface area (Å²) in [5.41, 5.74) is 0.984. The van der Waals surface area contributed by atoms with Gasteiger partial charge in [0.2, 0.25) is 0 Å². The first kappa shape index (κ1) is 60.2. The Hall–Kier alpha value is -5.40. The summed E-state index contributed by atoms with van der Waals surface area (Å²) in [6, 6.07) is 28.9. The second kappa shape index (κ2) is 28.1. The van der Waals surface area contributed by atoms with Gasteiger partial charge in [0.1, 0.15) is 23.2 Å². The van der Waals surface area contributed by atoms with Gasteiger partial charge in [-0.2, -0.15) is 0 Å². The summed E-state index contributed by atoms with van der Waals surface area (Å²) in [5, 5.41) is 28.2. The van der Waals surface area contributed by atoms with Gasteiger partial charge in [-0.1, -0.05) is 95.3 Å². The Morgan fingerprint density at radius 3 is 1.45 bits per heavy atom. The number of hydrogen-bond donors (Lipinski definition) is 4. The number of ether oxygens (including phenoxy) is 6. The van der Waals surface area contributed by atoms with E-state index >= 15 is 0 Å². The van der Waals surface area contributed by atoms with Gasteiger partial charge < -0.3 is 49.3 Å². The Morgan fingerprint density at radius 2 is 1.04 bits per heavy atom. The first-order valence-corrected chi connectivity index (χ1v) is 29.5. The predicted octanol–water partition coefficient (Wildman–Crippen LogP) is 7.08. The van der Waals surface area contributed by atoms with Crippen molar-refractivity contribution in [3.8, 4) is 11.5 Å². The van der Waals surface area contributed by atoms with Crippen molar-refractivity contribution in [1.82, 2.24) is 19.6 Å². The molecule has 22 heteroatoms. The second-order valence-electron chi connectivity index (χ2n) is 20.8. The molecule has 0 aromatic heterocycles. The summed E-state index contributed by atoms with van der Waals surface area (Å²) < 4.78 is 88.8. The van der Waals surface area contributed by atoms with Crippen LogP contribution >= 0.6 is 0 Å². The number of alkyl carbamates (subject to hydrolysis) is 2. The number of rotatable bonds is 23. The molecule has 4 aromatic rings. The molecule has 2 heterocycles. The van der Waals surface area contributed by atoms with Gasteiger partial charge in [0.15, 0.2) is 6.29 Å². The summed E-state index contributed by atoms with van der Waals surface area (Å²) >= 11 is 0. The SMILES string of the molecule is COc1ccc(S(=O)(=O)N(CC(O)[C@H](Cc2ccccc2)NC(=O)OC(C)(C)C)OC2CCCC2)cc1.COc1ccc(S(=O)(=O)N(CC(O)[C@H](Cc2ccccc2)NC(=O)OC2COC3OCCC23)OC2CCCC2)cc1.